The predicted octanol–water partition coefficient (Wildman–Crippen LogP) is 1.58. The summed E-state index contributed by atoms with van der Waals surface area (Å²) >= 11 is 0. The molecule has 78 valence electrons. The number of hydrogen-bond donors (Lipinski definition) is 1. The summed E-state index contributed by atoms with van der Waals surface area (Å²) in [5, 5.41) is 3.68. The second kappa shape index (κ2) is 3.35. The molecule has 0 aromatic rings. The van der Waals surface area contributed by atoms with Gasteiger partial charge in [0.25, 0.3) is 0 Å². The van der Waals surface area contributed by atoms with Gasteiger partial charge in [-0.15, -0.1) is 0 Å². The Morgan fingerprint density at radius 2 is 2.14 bits per heavy atom. The van der Waals surface area contributed by atoms with Crippen molar-refractivity contribution in [2.75, 3.05) is 13.2 Å². The first-order valence-corrected chi connectivity index (χ1v) is 5.85. The molecule has 14 heavy (non-hydrogen) atoms. The third-order valence-electron chi connectivity index (χ3n) is 4.11. The van der Waals surface area contributed by atoms with E-state index in [9.17, 15) is 0 Å². The van der Waals surface area contributed by atoms with Gasteiger partial charge in [-0.25, -0.2) is 0 Å². The minimum absolute atomic E-state index is 0.633. The van der Waals surface area contributed by atoms with E-state index in [1.54, 1.807) is 0 Å². The number of hydrogen-bond acceptors (Lipinski definition) is 2. The molecule has 0 radical (unpaired) electrons. The van der Waals surface area contributed by atoms with E-state index in [0.717, 1.165) is 31.0 Å². The molecule has 1 saturated heterocycles. The van der Waals surface area contributed by atoms with Crippen LogP contribution >= 0.6 is 0 Å². The van der Waals surface area contributed by atoms with Crippen LogP contribution in [0.25, 0.3) is 0 Å². The minimum Gasteiger partial charge on any atom is -0.378 e. The standard InChI is InChI=1S/C12H19NO/c1-8(13-11-6-14-7-11)12-5-9-2-3-10(12)4-9/h2-3,8-13H,4-7H2,1H3. The summed E-state index contributed by atoms with van der Waals surface area (Å²) in [4.78, 5) is 0. The molecule has 3 aliphatic rings. The first-order valence-electron chi connectivity index (χ1n) is 5.85. The Kier molecular flexibility index (Phi) is 2.14. The number of nitrogens with one attached hydrogen (secondary N) is 1. The molecular formula is C12H19NO. The third-order valence-corrected chi connectivity index (χ3v) is 4.11. The molecule has 0 aromatic carbocycles. The highest BCUT2D eigenvalue weighted by Crippen LogP contribution is 2.44. The average Bonchev–Trinajstić information content (AvgIpc) is 2.71. The van der Waals surface area contributed by atoms with Crippen molar-refractivity contribution in [3.63, 3.8) is 0 Å². The minimum atomic E-state index is 0.633. The molecule has 2 fully saturated rings. The molecule has 2 nitrogen and oxygen atoms in total. The van der Waals surface area contributed by atoms with Crippen LogP contribution in [-0.2, 0) is 4.74 Å². The Morgan fingerprint density at radius 1 is 1.29 bits per heavy atom. The zero-order valence-electron chi connectivity index (χ0n) is 8.78. The maximum Gasteiger partial charge on any atom is 0.0643 e. The van der Waals surface area contributed by atoms with Gasteiger partial charge in [0.15, 0.2) is 0 Å². The summed E-state index contributed by atoms with van der Waals surface area (Å²) in [6.45, 7) is 4.18. The maximum absolute atomic E-state index is 5.18. The molecule has 0 aromatic heterocycles. The number of allylic oxidation sites excluding steroid dienone is 2. The van der Waals surface area contributed by atoms with E-state index < -0.39 is 0 Å². The van der Waals surface area contributed by atoms with Crippen molar-refractivity contribution in [2.24, 2.45) is 17.8 Å². The summed E-state index contributed by atoms with van der Waals surface area (Å²) < 4.78 is 5.18. The lowest BCUT2D eigenvalue weighted by Gasteiger charge is -2.34. The van der Waals surface area contributed by atoms with Crippen LogP contribution in [0.4, 0.5) is 0 Å². The van der Waals surface area contributed by atoms with Crippen molar-refractivity contribution >= 4 is 0 Å². The summed E-state index contributed by atoms with van der Waals surface area (Å²) in [6.07, 6.45) is 7.68. The van der Waals surface area contributed by atoms with Gasteiger partial charge in [-0.1, -0.05) is 12.2 Å². The van der Waals surface area contributed by atoms with Crippen LogP contribution in [0.1, 0.15) is 19.8 Å². The van der Waals surface area contributed by atoms with Crippen LogP contribution in [0.2, 0.25) is 0 Å². The van der Waals surface area contributed by atoms with Gasteiger partial charge in [0, 0.05) is 6.04 Å². The normalized spacial score (nSPS) is 42.8. The highest BCUT2D eigenvalue weighted by molar-refractivity contribution is 5.11. The monoisotopic (exact) mass is 193 g/mol. The molecule has 0 spiro atoms. The van der Waals surface area contributed by atoms with E-state index >= 15 is 0 Å². The lowest BCUT2D eigenvalue weighted by Crippen LogP contribution is -2.52. The van der Waals surface area contributed by atoms with Crippen LogP contribution in [0.3, 0.4) is 0 Å². The van der Waals surface area contributed by atoms with Crippen LogP contribution in [0.5, 0.6) is 0 Å². The Bertz CT molecular complexity index is 247. The molecule has 4 unspecified atom stereocenters. The summed E-state index contributed by atoms with van der Waals surface area (Å²) in [5.41, 5.74) is 0. The number of rotatable bonds is 3. The van der Waals surface area contributed by atoms with E-state index in [-0.39, 0.29) is 0 Å². The molecule has 2 bridgehead atoms. The Hall–Kier alpha value is -0.340. The van der Waals surface area contributed by atoms with Crippen LogP contribution in [0, 0.1) is 17.8 Å². The lowest BCUT2D eigenvalue weighted by molar-refractivity contribution is -0.0128. The third kappa shape index (κ3) is 1.41. The van der Waals surface area contributed by atoms with Gasteiger partial charge in [0.1, 0.15) is 0 Å². The average molecular weight is 193 g/mol. The van der Waals surface area contributed by atoms with Gasteiger partial charge in [-0.2, -0.15) is 0 Å². The van der Waals surface area contributed by atoms with Crippen molar-refractivity contribution in [3.8, 4) is 0 Å². The van der Waals surface area contributed by atoms with E-state index in [4.69, 9.17) is 4.74 Å². The molecule has 1 saturated carbocycles. The predicted molar refractivity (Wildman–Crippen MR) is 56.0 cm³/mol. The van der Waals surface area contributed by atoms with Crippen LogP contribution < -0.4 is 5.32 Å². The van der Waals surface area contributed by atoms with Crippen molar-refractivity contribution in [3.05, 3.63) is 12.2 Å². The first kappa shape index (κ1) is 8.93. The topological polar surface area (TPSA) is 21.3 Å². The van der Waals surface area contributed by atoms with E-state index in [1.165, 1.54) is 12.8 Å². The second-order valence-corrected chi connectivity index (χ2v) is 5.13. The van der Waals surface area contributed by atoms with Crippen LogP contribution in [-0.4, -0.2) is 25.3 Å². The Labute approximate surface area is 85.7 Å². The van der Waals surface area contributed by atoms with Gasteiger partial charge < -0.3 is 10.1 Å². The SMILES string of the molecule is CC(NC1COC1)C1CC2C=CC1C2. The zero-order chi connectivity index (χ0) is 9.54. The number of fused-ring (bicyclic) bond motifs is 2. The molecular weight excluding hydrogens is 174 g/mol. The van der Waals surface area contributed by atoms with E-state index in [0.29, 0.717) is 12.1 Å². The smallest absolute Gasteiger partial charge is 0.0643 e. The lowest BCUT2D eigenvalue weighted by atomic mass is 9.87. The van der Waals surface area contributed by atoms with E-state index in [1.807, 2.05) is 0 Å². The fraction of sp³-hybridized carbons (Fsp3) is 0.833. The summed E-state index contributed by atoms with van der Waals surface area (Å²) in [7, 11) is 0. The van der Waals surface area contributed by atoms with Gasteiger partial charge in [-0.3, -0.25) is 0 Å². The zero-order valence-corrected chi connectivity index (χ0v) is 8.78. The van der Waals surface area contributed by atoms with Crippen molar-refractivity contribution in [1.29, 1.82) is 0 Å². The Balaban J connectivity index is 1.57. The van der Waals surface area contributed by atoms with Gasteiger partial charge in [-0.05, 0) is 37.5 Å². The molecule has 1 aliphatic heterocycles. The highest BCUT2D eigenvalue weighted by Gasteiger charge is 2.39. The Morgan fingerprint density at radius 3 is 2.64 bits per heavy atom. The highest BCUT2D eigenvalue weighted by atomic mass is 16.5. The summed E-state index contributed by atoms with van der Waals surface area (Å²) in [5.74, 6) is 2.64. The molecule has 2 heteroatoms. The van der Waals surface area contributed by atoms with Crippen LogP contribution in [0.15, 0.2) is 12.2 Å². The molecule has 4 atom stereocenters. The number of ether oxygens (including phenoxy) is 1. The molecule has 3 rings (SSSR count). The summed E-state index contributed by atoms with van der Waals surface area (Å²) in [6, 6.07) is 1.30. The molecule has 1 heterocycles. The quantitative estimate of drug-likeness (QED) is 0.687. The largest absolute Gasteiger partial charge is 0.378 e. The molecule has 1 N–H and O–H groups in total. The molecule has 0 amide bonds. The fourth-order valence-corrected chi connectivity index (χ4v) is 3.23. The van der Waals surface area contributed by atoms with E-state index in [2.05, 4.69) is 24.4 Å². The molecule has 2 aliphatic carbocycles. The maximum atomic E-state index is 5.18. The fourth-order valence-electron chi connectivity index (χ4n) is 3.23. The van der Waals surface area contributed by atoms with Gasteiger partial charge in [0.2, 0.25) is 0 Å². The second-order valence-electron chi connectivity index (χ2n) is 5.13. The van der Waals surface area contributed by atoms with Crippen molar-refractivity contribution in [2.45, 2.75) is 31.8 Å². The first-order chi connectivity index (χ1) is 6.83. The van der Waals surface area contributed by atoms with Gasteiger partial charge >= 0.3 is 0 Å². The van der Waals surface area contributed by atoms with Crippen molar-refractivity contribution < 1.29 is 4.74 Å². The van der Waals surface area contributed by atoms with Crippen molar-refractivity contribution in [1.82, 2.24) is 5.32 Å². The van der Waals surface area contributed by atoms with Gasteiger partial charge in [0.05, 0.1) is 19.3 Å².